The van der Waals surface area contributed by atoms with Crippen molar-refractivity contribution in [2.24, 2.45) is 7.05 Å². The normalized spacial score (nSPS) is 16.8. The molecule has 0 spiro atoms. The second-order valence-electron chi connectivity index (χ2n) is 9.08. The minimum absolute atomic E-state index is 0.358. The van der Waals surface area contributed by atoms with E-state index in [0.29, 0.717) is 5.69 Å². The van der Waals surface area contributed by atoms with Crippen molar-refractivity contribution in [3.05, 3.63) is 120 Å². The number of fused-ring (bicyclic) bond motifs is 2. The summed E-state index contributed by atoms with van der Waals surface area (Å²) in [6.45, 7) is 0. The molecule has 5 aromatic rings. The Hall–Kier alpha value is -4.38. The number of cyclic esters (lactones) is 1. The number of rotatable bonds is 4. The van der Waals surface area contributed by atoms with E-state index in [1.54, 1.807) is 6.20 Å². The number of nitrogens with zero attached hydrogens (tertiary/aromatic N) is 3. The summed E-state index contributed by atoms with van der Waals surface area (Å²) in [7, 11) is 6.09. The van der Waals surface area contributed by atoms with Crippen LogP contribution in [0.25, 0.3) is 22.2 Å². The number of anilines is 1. The molecule has 0 aliphatic carbocycles. The first kappa shape index (κ1) is 21.2. The van der Waals surface area contributed by atoms with Crippen LogP contribution in [0.15, 0.2) is 97.2 Å². The van der Waals surface area contributed by atoms with Gasteiger partial charge in [0.2, 0.25) is 0 Å². The van der Waals surface area contributed by atoms with Crippen LogP contribution < -0.4 is 4.90 Å². The zero-order valence-corrected chi connectivity index (χ0v) is 19.9. The lowest BCUT2D eigenvalue weighted by Crippen LogP contribution is -2.30. The van der Waals surface area contributed by atoms with E-state index >= 15 is 0 Å². The lowest BCUT2D eigenvalue weighted by molar-refractivity contribution is 0.0254. The van der Waals surface area contributed by atoms with Gasteiger partial charge in [0.25, 0.3) is 0 Å². The van der Waals surface area contributed by atoms with Gasteiger partial charge in [-0.1, -0.05) is 66.7 Å². The van der Waals surface area contributed by atoms with Crippen molar-refractivity contribution < 1.29 is 9.53 Å². The van der Waals surface area contributed by atoms with Crippen molar-refractivity contribution in [2.75, 3.05) is 19.0 Å². The molecule has 1 aliphatic heterocycles. The van der Waals surface area contributed by atoms with Crippen LogP contribution in [-0.4, -0.2) is 29.6 Å². The van der Waals surface area contributed by atoms with E-state index in [4.69, 9.17) is 4.74 Å². The van der Waals surface area contributed by atoms with Gasteiger partial charge in [0.15, 0.2) is 11.3 Å². The van der Waals surface area contributed by atoms with Gasteiger partial charge in [-0.05, 0) is 29.8 Å². The van der Waals surface area contributed by atoms with Crippen LogP contribution in [0.3, 0.4) is 0 Å². The number of hydrogen-bond donors (Lipinski definition) is 0. The molecular formula is C30H25N3O2. The third-order valence-electron chi connectivity index (χ3n) is 6.92. The van der Waals surface area contributed by atoms with Gasteiger partial charge in [-0.15, -0.1) is 0 Å². The summed E-state index contributed by atoms with van der Waals surface area (Å²) in [6, 6.07) is 30.6. The maximum Gasteiger partial charge on any atom is 0.358 e. The summed E-state index contributed by atoms with van der Waals surface area (Å²) in [6.07, 6.45) is 1.65. The maximum absolute atomic E-state index is 13.3. The molecule has 2 aromatic heterocycles. The highest BCUT2D eigenvalue weighted by atomic mass is 16.6. The number of hydrogen-bond acceptors (Lipinski definition) is 4. The number of aryl methyl sites for hydroxylation is 1. The van der Waals surface area contributed by atoms with Gasteiger partial charge in [0.05, 0.1) is 5.69 Å². The quantitative estimate of drug-likeness (QED) is 0.320. The molecule has 0 saturated carbocycles. The molecule has 0 saturated heterocycles. The number of carbonyl (C=O) groups is 1. The van der Waals surface area contributed by atoms with E-state index in [-0.39, 0.29) is 0 Å². The van der Waals surface area contributed by atoms with Crippen LogP contribution in [0.1, 0.15) is 27.2 Å². The summed E-state index contributed by atoms with van der Waals surface area (Å²) in [5.41, 5.74) is 6.01. The number of benzene rings is 3. The molecule has 0 bridgehead atoms. The third kappa shape index (κ3) is 3.01. The van der Waals surface area contributed by atoms with Crippen molar-refractivity contribution in [3.63, 3.8) is 0 Å². The third-order valence-corrected chi connectivity index (χ3v) is 6.92. The van der Waals surface area contributed by atoms with Gasteiger partial charge >= 0.3 is 5.97 Å². The highest BCUT2D eigenvalue weighted by molar-refractivity contribution is 5.99. The van der Waals surface area contributed by atoms with Crippen molar-refractivity contribution in [1.29, 1.82) is 0 Å². The summed E-state index contributed by atoms with van der Waals surface area (Å²) in [5, 5.41) is 1.04. The predicted octanol–water partition coefficient (Wildman–Crippen LogP) is 5.77. The highest BCUT2D eigenvalue weighted by Gasteiger charge is 2.52. The van der Waals surface area contributed by atoms with Crippen molar-refractivity contribution in [3.8, 4) is 11.3 Å². The molecule has 3 aromatic carbocycles. The second kappa shape index (κ2) is 7.84. The number of ether oxygens (including phenoxy) is 1. The zero-order valence-electron chi connectivity index (χ0n) is 19.9. The number of aromatic nitrogens is 2. The first-order valence-corrected chi connectivity index (χ1v) is 11.6. The van der Waals surface area contributed by atoms with E-state index in [1.807, 2.05) is 56.6 Å². The van der Waals surface area contributed by atoms with E-state index in [0.717, 1.165) is 44.5 Å². The molecule has 0 N–H and O–H groups in total. The predicted molar refractivity (Wildman–Crippen MR) is 139 cm³/mol. The average Bonchev–Trinajstić information content (AvgIpc) is 3.37. The molecule has 0 fully saturated rings. The highest BCUT2D eigenvalue weighted by Crippen LogP contribution is 2.52. The first-order valence-electron chi connectivity index (χ1n) is 11.6. The van der Waals surface area contributed by atoms with Crippen LogP contribution in [0.5, 0.6) is 0 Å². The lowest BCUT2D eigenvalue weighted by Gasteiger charge is -2.31. The molecule has 5 heteroatoms. The van der Waals surface area contributed by atoms with Crippen molar-refractivity contribution in [2.45, 2.75) is 5.60 Å². The van der Waals surface area contributed by atoms with Gasteiger partial charge in [-0.2, -0.15) is 0 Å². The molecule has 1 unspecified atom stereocenters. The summed E-state index contributed by atoms with van der Waals surface area (Å²) in [4.78, 5) is 19.8. The van der Waals surface area contributed by atoms with Crippen LogP contribution in [0, 0.1) is 0 Å². The number of carbonyl (C=O) groups excluding carboxylic acids is 1. The monoisotopic (exact) mass is 459 g/mol. The van der Waals surface area contributed by atoms with Crippen LogP contribution in [0.2, 0.25) is 0 Å². The van der Waals surface area contributed by atoms with Gasteiger partial charge < -0.3 is 14.2 Å². The Kier molecular flexibility index (Phi) is 4.74. The molecule has 3 heterocycles. The Morgan fingerprint density at radius 3 is 2.31 bits per heavy atom. The SMILES string of the molecule is CN(C)c1ccc(C2(c3c(-c4ccccc4)n(C)c4ccccc34)OC(=O)c3ncccc32)cc1. The van der Waals surface area contributed by atoms with E-state index < -0.39 is 11.6 Å². The first-order chi connectivity index (χ1) is 17.0. The molecule has 35 heavy (non-hydrogen) atoms. The number of pyridine rings is 1. The number of esters is 1. The van der Waals surface area contributed by atoms with Crippen molar-refractivity contribution >= 4 is 22.6 Å². The van der Waals surface area contributed by atoms with Gasteiger partial charge in [-0.25, -0.2) is 9.78 Å². The van der Waals surface area contributed by atoms with Crippen LogP contribution in [0.4, 0.5) is 5.69 Å². The average molecular weight is 460 g/mol. The largest absolute Gasteiger partial charge is 0.439 e. The Bertz CT molecular complexity index is 1570. The summed E-state index contributed by atoms with van der Waals surface area (Å²) >= 11 is 0. The molecule has 1 aliphatic rings. The molecule has 0 amide bonds. The standard InChI is InChI=1S/C30H25N3O2/c1-32(2)22-17-15-21(16-18-22)30(24-13-9-19-31-27(24)29(34)35-30)26-23-12-7-8-14-25(23)33(3)28(26)20-10-5-4-6-11-20/h4-19H,1-3H3. The lowest BCUT2D eigenvalue weighted by atomic mass is 9.78. The molecule has 6 rings (SSSR count). The van der Waals surface area contributed by atoms with Gasteiger partial charge in [0.1, 0.15) is 0 Å². The van der Waals surface area contributed by atoms with Crippen molar-refractivity contribution in [1.82, 2.24) is 9.55 Å². The molecular weight excluding hydrogens is 434 g/mol. The second-order valence-corrected chi connectivity index (χ2v) is 9.08. The minimum Gasteiger partial charge on any atom is -0.439 e. The smallest absolute Gasteiger partial charge is 0.358 e. The fraction of sp³-hybridized carbons (Fsp3) is 0.133. The molecule has 1 atom stereocenters. The Balaban J connectivity index is 1.77. The fourth-order valence-electron chi connectivity index (χ4n) is 5.32. The fourth-order valence-corrected chi connectivity index (χ4v) is 5.32. The minimum atomic E-state index is -1.14. The van der Waals surface area contributed by atoms with Crippen LogP contribution in [-0.2, 0) is 17.4 Å². The topological polar surface area (TPSA) is 47.4 Å². The van der Waals surface area contributed by atoms with E-state index in [9.17, 15) is 4.79 Å². The molecule has 172 valence electrons. The molecule has 0 radical (unpaired) electrons. The molecule has 5 nitrogen and oxygen atoms in total. The Morgan fingerprint density at radius 1 is 0.857 bits per heavy atom. The summed E-state index contributed by atoms with van der Waals surface area (Å²) in [5.74, 6) is -0.413. The van der Waals surface area contributed by atoms with Crippen LogP contribution >= 0.6 is 0 Å². The van der Waals surface area contributed by atoms with Gasteiger partial charge in [0, 0.05) is 60.6 Å². The van der Waals surface area contributed by atoms with E-state index in [1.165, 1.54) is 0 Å². The summed E-state index contributed by atoms with van der Waals surface area (Å²) < 4.78 is 8.64. The van der Waals surface area contributed by atoms with Gasteiger partial charge in [-0.3, -0.25) is 0 Å². The number of para-hydroxylation sites is 1. The van der Waals surface area contributed by atoms with E-state index in [2.05, 4.69) is 70.0 Å². The maximum atomic E-state index is 13.3. The zero-order chi connectivity index (χ0) is 24.2. The Morgan fingerprint density at radius 2 is 1.57 bits per heavy atom. The Labute approximate surface area is 204 Å².